The van der Waals surface area contributed by atoms with E-state index in [0.29, 0.717) is 5.02 Å². The number of nitro benzene ring substituents is 1. The van der Waals surface area contributed by atoms with E-state index >= 15 is 0 Å². The van der Waals surface area contributed by atoms with Gasteiger partial charge in [-0.2, -0.15) is 0 Å². The summed E-state index contributed by atoms with van der Waals surface area (Å²) < 4.78 is 26.6. The first-order valence-electron chi connectivity index (χ1n) is 5.52. The second-order valence-corrected chi connectivity index (χ2v) is 6.51. The van der Waals surface area contributed by atoms with Crippen molar-refractivity contribution in [3.8, 4) is 0 Å². The Bertz CT molecular complexity index is 791. The molecule has 0 amide bonds. The van der Waals surface area contributed by atoms with Crippen LogP contribution in [0, 0.1) is 10.1 Å². The van der Waals surface area contributed by atoms with Crippen molar-refractivity contribution < 1.29 is 13.3 Å². The molecular weight excluding hydrogens is 339 g/mol. The van der Waals surface area contributed by atoms with Crippen molar-refractivity contribution in [2.45, 2.75) is 4.90 Å². The van der Waals surface area contributed by atoms with Gasteiger partial charge >= 0.3 is 0 Å². The van der Waals surface area contributed by atoms with Crippen LogP contribution in [-0.2, 0) is 10.0 Å². The smallest absolute Gasteiger partial charge is 0.280 e. The maximum atomic E-state index is 12.2. The predicted molar refractivity (Wildman–Crippen MR) is 80.4 cm³/mol. The summed E-state index contributed by atoms with van der Waals surface area (Å²) >= 11 is 11.4. The van der Waals surface area contributed by atoms with Crippen LogP contribution in [0.15, 0.2) is 47.4 Å². The standard InChI is InChI=1S/C12H8Cl2N2O4S/c13-8-1-3-9(4-2-8)15-21(19,20)10-5-6-11(14)12(7-10)16(17)18/h1-7,15H. The number of benzene rings is 2. The third-order valence-electron chi connectivity index (χ3n) is 2.52. The molecule has 21 heavy (non-hydrogen) atoms. The van der Waals surface area contributed by atoms with Crippen molar-refractivity contribution in [1.82, 2.24) is 0 Å². The molecule has 0 heterocycles. The molecule has 2 rings (SSSR count). The van der Waals surface area contributed by atoms with Crippen molar-refractivity contribution in [2.24, 2.45) is 0 Å². The number of hydrogen-bond acceptors (Lipinski definition) is 4. The van der Waals surface area contributed by atoms with Gasteiger partial charge in [0.2, 0.25) is 0 Å². The van der Waals surface area contributed by atoms with Crippen LogP contribution in [0.2, 0.25) is 10.0 Å². The first-order chi connectivity index (χ1) is 9.79. The summed E-state index contributed by atoms with van der Waals surface area (Å²) in [5.74, 6) is 0. The van der Waals surface area contributed by atoms with Gasteiger partial charge in [0.15, 0.2) is 0 Å². The molecule has 110 valence electrons. The highest BCUT2D eigenvalue weighted by Crippen LogP contribution is 2.28. The van der Waals surface area contributed by atoms with Crippen molar-refractivity contribution in [3.05, 3.63) is 62.6 Å². The average Bonchev–Trinajstić information content (AvgIpc) is 2.41. The van der Waals surface area contributed by atoms with Crippen LogP contribution >= 0.6 is 23.2 Å². The van der Waals surface area contributed by atoms with Gasteiger partial charge < -0.3 is 0 Å². The highest BCUT2D eigenvalue weighted by molar-refractivity contribution is 7.92. The maximum absolute atomic E-state index is 12.2. The van der Waals surface area contributed by atoms with Crippen molar-refractivity contribution in [3.63, 3.8) is 0 Å². The first-order valence-corrected chi connectivity index (χ1v) is 7.76. The molecule has 0 atom stereocenters. The number of nitro groups is 1. The summed E-state index contributed by atoms with van der Waals surface area (Å²) in [6.45, 7) is 0. The zero-order valence-electron chi connectivity index (χ0n) is 10.3. The zero-order chi connectivity index (χ0) is 15.6. The van der Waals surface area contributed by atoms with Gasteiger partial charge in [0, 0.05) is 16.8 Å². The van der Waals surface area contributed by atoms with E-state index in [1.807, 2.05) is 0 Å². The molecule has 0 fully saturated rings. The lowest BCUT2D eigenvalue weighted by atomic mass is 10.3. The van der Waals surface area contributed by atoms with Crippen molar-refractivity contribution in [2.75, 3.05) is 4.72 Å². The molecule has 0 saturated heterocycles. The van der Waals surface area contributed by atoms with Gasteiger partial charge in [0.25, 0.3) is 15.7 Å². The fraction of sp³-hybridized carbons (Fsp3) is 0. The van der Waals surface area contributed by atoms with Crippen LogP contribution in [0.25, 0.3) is 0 Å². The molecule has 0 aromatic heterocycles. The molecular formula is C12H8Cl2N2O4S. The molecule has 0 radical (unpaired) electrons. The third kappa shape index (κ3) is 3.63. The topological polar surface area (TPSA) is 89.3 Å². The highest BCUT2D eigenvalue weighted by Gasteiger charge is 2.20. The van der Waals surface area contributed by atoms with Crippen LogP contribution in [0.4, 0.5) is 11.4 Å². The molecule has 2 aromatic carbocycles. The Labute approximate surface area is 130 Å². The maximum Gasteiger partial charge on any atom is 0.289 e. The minimum atomic E-state index is -3.96. The summed E-state index contributed by atoms with van der Waals surface area (Å²) in [4.78, 5) is 9.79. The number of nitrogens with one attached hydrogen (secondary N) is 1. The summed E-state index contributed by atoms with van der Waals surface area (Å²) in [6, 6.07) is 9.24. The van der Waals surface area contributed by atoms with Gasteiger partial charge in [0.1, 0.15) is 5.02 Å². The van der Waals surface area contributed by atoms with Crippen LogP contribution in [0.3, 0.4) is 0 Å². The van der Waals surface area contributed by atoms with E-state index in [1.54, 1.807) is 0 Å². The minimum absolute atomic E-state index is 0.134. The van der Waals surface area contributed by atoms with Gasteiger partial charge in [-0.1, -0.05) is 23.2 Å². The van der Waals surface area contributed by atoms with Gasteiger partial charge in [-0.15, -0.1) is 0 Å². The van der Waals surface area contributed by atoms with E-state index in [4.69, 9.17) is 23.2 Å². The van der Waals surface area contributed by atoms with Crippen LogP contribution in [0.1, 0.15) is 0 Å². The second kappa shape index (κ2) is 5.88. The van der Waals surface area contributed by atoms with Gasteiger partial charge in [-0.05, 0) is 36.4 Å². The van der Waals surface area contributed by atoms with E-state index < -0.39 is 20.6 Å². The molecule has 2 aromatic rings. The Morgan fingerprint density at radius 1 is 1.05 bits per heavy atom. The summed E-state index contributed by atoms with van der Waals surface area (Å²) in [5.41, 5.74) is -0.187. The van der Waals surface area contributed by atoms with E-state index in [0.717, 1.165) is 12.1 Å². The number of rotatable bonds is 4. The number of anilines is 1. The van der Waals surface area contributed by atoms with Crippen LogP contribution in [0.5, 0.6) is 0 Å². The Morgan fingerprint density at radius 2 is 1.67 bits per heavy atom. The Balaban J connectivity index is 2.38. The lowest BCUT2D eigenvalue weighted by Crippen LogP contribution is -2.13. The van der Waals surface area contributed by atoms with Gasteiger partial charge in [-0.25, -0.2) is 8.42 Å². The molecule has 1 N–H and O–H groups in total. The van der Waals surface area contributed by atoms with E-state index in [2.05, 4.69) is 4.72 Å². The molecule has 6 nitrogen and oxygen atoms in total. The number of nitrogens with zero attached hydrogens (tertiary/aromatic N) is 1. The minimum Gasteiger partial charge on any atom is -0.280 e. The fourth-order valence-corrected chi connectivity index (χ4v) is 2.92. The summed E-state index contributed by atoms with van der Waals surface area (Å²) in [7, 11) is -3.96. The molecule has 0 aliphatic heterocycles. The predicted octanol–water partition coefficient (Wildman–Crippen LogP) is 3.70. The lowest BCUT2D eigenvalue weighted by molar-refractivity contribution is -0.384. The largest absolute Gasteiger partial charge is 0.289 e. The Kier molecular flexibility index (Phi) is 4.36. The zero-order valence-corrected chi connectivity index (χ0v) is 12.6. The Morgan fingerprint density at radius 3 is 2.24 bits per heavy atom. The number of halogens is 2. The highest BCUT2D eigenvalue weighted by atomic mass is 35.5. The van der Waals surface area contributed by atoms with Crippen LogP contribution in [-0.4, -0.2) is 13.3 Å². The SMILES string of the molecule is O=[N+]([O-])c1cc(S(=O)(=O)Nc2ccc(Cl)cc2)ccc1Cl. The summed E-state index contributed by atoms with van der Waals surface area (Å²) in [5, 5.41) is 11.1. The summed E-state index contributed by atoms with van der Waals surface area (Å²) in [6.07, 6.45) is 0. The molecule has 0 aliphatic rings. The molecule has 0 spiro atoms. The molecule has 0 bridgehead atoms. The third-order valence-corrected chi connectivity index (χ3v) is 4.47. The average molecular weight is 347 g/mol. The fourth-order valence-electron chi connectivity index (χ4n) is 1.53. The van der Waals surface area contributed by atoms with Gasteiger partial charge in [0.05, 0.1) is 9.82 Å². The molecule has 0 saturated carbocycles. The van der Waals surface area contributed by atoms with E-state index in [-0.39, 0.29) is 15.6 Å². The number of hydrogen-bond donors (Lipinski definition) is 1. The van der Waals surface area contributed by atoms with Crippen molar-refractivity contribution in [1.29, 1.82) is 0 Å². The van der Waals surface area contributed by atoms with E-state index in [1.165, 1.54) is 30.3 Å². The molecule has 0 aliphatic carbocycles. The number of sulfonamides is 1. The van der Waals surface area contributed by atoms with E-state index in [9.17, 15) is 18.5 Å². The molecule has 0 unspecified atom stereocenters. The second-order valence-electron chi connectivity index (χ2n) is 3.98. The monoisotopic (exact) mass is 346 g/mol. The lowest BCUT2D eigenvalue weighted by Gasteiger charge is -2.08. The first kappa shape index (κ1) is 15.6. The normalized spacial score (nSPS) is 11.1. The van der Waals surface area contributed by atoms with Gasteiger partial charge in [-0.3, -0.25) is 14.8 Å². The van der Waals surface area contributed by atoms with Crippen LogP contribution < -0.4 is 4.72 Å². The quantitative estimate of drug-likeness (QED) is 0.674. The Hall–Kier alpha value is -1.83. The molecule has 9 heteroatoms. The van der Waals surface area contributed by atoms with Crippen molar-refractivity contribution >= 4 is 44.6 Å².